The van der Waals surface area contributed by atoms with Crippen LogP contribution in [-0.4, -0.2) is 24.7 Å². The van der Waals surface area contributed by atoms with E-state index < -0.39 is 0 Å². The number of hydrogen-bond donors (Lipinski definition) is 2. The molecule has 1 aliphatic rings. The molecular weight excluding hydrogens is 401 g/mol. The van der Waals surface area contributed by atoms with Crippen molar-refractivity contribution in [3.05, 3.63) is 35.4 Å². The molecule has 23 heavy (non-hydrogen) atoms. The summed E-state index contributed by atoms with van der Waals surface area (Å²) in [7, 11) is 1.82. The number of rotatable bonds is 5. The van der Waals surface area contributed by atoms with Crippen LogP contribution in [0.25, 0.3) is 0 Å². The Bertz CT molecular complexity index is 525. The van der Waals surface area contributed by atoms with E-state index in [-0.39, 0.29) is 29.6 Å². The summed E-state index contributed by atoms with van der Waals surface area (Å²) in [6, 6.07) is 9.08. The Morgan fingerprint density at radius 2 is 1.96 bits per heavy atom. The molecule has 5 heteroatoms. The van der Waals surface area contributed by atoms with Crippen LogP contribution in [0, 0.1) is 5.92 Å². The Balaban J connectivity index is 0.00000264. The predicted molar refractivity (Wildman–Crippen MR) is 107 cm³/mol. The molecule has 130 valence electrons. The molecule has 2 rings (SSSR count). The third-order valence-corrected chi connectivity index (χ3v) is 3.78. The molecule has 0 bridgehead atoms. The van der Waals surface area contributed by atoms with Crippen molar-refractivity contribution in [1.82, 2.24) is 10.6 Å². The molecule has 0 amide bonds. The molecule has 2 atom stereocenters. The van der Waals surface area contributed by atoms with Gasteiger partial charge in [-0.15, -0.1) is 24.0 Å². The van der Waals surface area contributed by atoms with E-state index in [0.717, 1.165) is 18.4 Å². The third kappa shape index (κ3) is 7.52. The zero-order valence-corrected chi connectivity index (χ0v) is 17.2. The minimum atomic E-state index is -0.110. The quantitative estimate of drug-likeness (QED) is 0.425. The lowest BCUT2D eigenvalue weighted by Gasteiger charge is -2.19. The van der Waals surface area contributed by atoms with Crippen molar-refractivity contribution >= 4 is 29.9 Å². The zero-order valence-electron chi connectivity index (χ0n) is 14.8. The zero-order chi connectivity index (χ0) is 16.2. The van der Waals surface area contributed by atoms with Gasteiger partial charge in [-0.25, -0.2) is 0 Å². The van der Waals surface area contributed by atoms with Crippen LogP contribution in [0.1, 0.15) is 45.2 Å². The van der Waals surface area contributed by atoms with Gasteiger partial charge in [0.25, 0.3) is 0 Å². The summed E-state index contributed by atoms with van der Waals surface area (Å²) < 4.78 is 5.83. The molecule has 2 N–H and O–H groups in total. The van der Waals surface area contributed by atoms with Gasteiger partial charge in [-0.05, 0) is 44.2 Å². The van der Waals surface area contributed by atoms with Gasteiger partial charge in [-0.1, -0.05) is 31.2 Å². The van der Waals surface area contributed by atoms with E-state index in [2.05, 4.69) is 67.6 Å². The summed E-state index contributed by atoms with van der Waals surface area (Å²) in [5.41, 5.74) is 2.33. The molecule has 0 saturated heterocycles. The Morgan fingerprint density at radius 3 is 2.52 bits per heavy atom. The maximum absolute atomic E-state index is 5.83. The number of halogens is 1. The van der Waals surface area contributed by atoms with Crippen molar-refractivity contribution in [2.24, 2.45) is 10.9 Å². The fourth-order valence-electron chi connectivity index (χ4n) is 2.21. The van der Waals surface area contributed by atoms with Crippen LogP contribution < -0.4 is 10.6 Å². The Labute approximate surface area is 157 Å². The Morgan fingerprint density at radius 1 is 1.30 bits per heavy atom. The molecule has 0 radical (unpaired) electrons. The fourth-order valence-corrected chi connectivity index (χ4v) is 2.21. The van der Waals surface area contributed by atoms with Crippen molar-refractivity contribution in [2.45, 2.75) is 58.9 Å². The first-order chi connectivity index (χ1) is 10.4. The van der Waals surface area contributed by atoms with Gasteiger partial charge in [0.05, 0.1) is 12.2 Å². The Hall–Kier alpha value is -0.820. The number of nitrogens with zero attached hydrogens (tertiary/aromatic N) is 1. The van der Waals surface area contributed by atoms with Crippen molar-refractivity contribution < 1.29 is 4.74 Å². The van der Waals surface area contributed by atoms with Crippen LogP contribution >= 0.6 is 24.0 Å². The van der Waals surface area contributed by atoms with Crippen LogP contribution in [0.3, 0.4) is 0 Å². The summed E-state index contributed by atoms with van der Waals surface area (Å²) in [6.07, 6.45) is 1.24. The maximum atomic E-state index is 5.83. The molecule has 0 aliphatic heterocycles. The molecule has 2 unspecified atom stereocenters. The minimum Gasteiger partial charge on any atom is -0.371 e. The highest BCUT2D eigenvalue weighted by Gasteiger charge is 2.33. The van der Waals surface area contributed by atoms with Crippen molar-refractivity contribution in [1.29, 1.82) is 0 Å². The second-order valence-electron chi connectivity index (χ2n) is 7.11. The number of aliphatic imine (C=N–C) groups is 1. The van der Waals surface area contributed by atoms with E-state index in [1.807, 2.05) is 7.05 Å². The van der Waals surface area contributed by atoms with Gasteiger partial charge in [0.2, 0.25) is 0 Å². The fraction of sp³-hybridized carbons (Fsp3) is 0.611. The molecular formula is C18H30IN3O. The monoisotopic (exact) mass is 431 g/mol. The van der Waals surface area contributed by atoms with Crippen molar-refractivity contribution in [3.8, 4) is 0 Å². The van der Waals surface area contributed by atoms with Gasteiger partial charge in [0.15, 0.2) is 5.96 Å². The normalized spacial score (nSPS) is 20.7. The highest BCUT2D eigenvalue weighted by Crippen LogP contribution is 2.28. The summed E-state index contributed by atoms with van der Waals surface area (Å²) in [5, 5.41) is 6.81. The van der Waals surface area contributed by atoms with E-state index in [1.54, 1.807) is 0 Å². The lowest BCUT2D eigenvalue weighted by Crippen LogP contribution is -2.38. The topological polar surface area (TPSA) is 45.7 Å². The van der Waals surface area contributed by atoms with Crippen LogP contribution in [0.4, 0.5) is 0 Å². The maximum Gasteiger partial charge on any atom is 0.191 e. The molecule has 1 aliphatic carbocycles. The van der Waals surface area contributed by atoms with Gasteiger partial charge in [0, 0.05) is 19.6 Å². The first kappa shape index (κ1) is 20.2. The molecule has 0 aromatic heterocycles. The average molecular weight is 431 g/mol. The first-order valence-electron chi connectivity index (χ1n) is 8.06. The molecule has 4 nitrogen and oxygen atoms in total. The van der Waals surface area contributed by atoms with Crippen LogP contribution in [0.15, 0.2) is 29.3 Å². The molecule has 1 aromatic carbocycles. The summed E-state index contributed by atoms with van der Waals surface area (Å²) >= 11 is 0. The summed E-state index contributed by atoms with van der Waals surface area (Å²) in [6.45, 7) is 9.89. The van der Waals surface area contributed by atoms with Gasteiger partial charge >= 0.3 is 0 Å². The number of ether oxygens (including phenoxy) is 1. The lowest BCUT2D eigenvalue weighted by molar-refractivity contribution is -0.0149. The molecule has 0 spiro atoms. The van der Waals surface area contributed by atoms with E-state index in [0.29, 0.717) is 12.6 Å². The van der Waals surface area contributed by atoms with Gasteiger partial charge in [-0.3, -0.25) is 4.99 Å². The first-order valence-corrected chi connectivity index (χ1v) is 8.06. The highest BCUT2D eigenvalue weighted by molar-refractivity contribution is 14.0. The summed E-state index contributed by atoms with van der Waals surface area (Å²) in [4.78, 5) is 4.28. The standard InChI is InChI=1S/C18H29N3O.HI/c1-13-9-16(13)21-17(19-5)20-11-14-7-6-8-15(10-14)12-22-18(2,3)4;/h6-8,10,13,16H,9,11-12H2,1-5H3,(H2,19,20,21);1H. The molecule has 0 heterocycles. The Kier molecular flexibility index (Phi) is 7.80. The van der Waals surface area contributed by atoms with Crippen molar-refractivity contribution in [3.63, 3.8) is 0 Å². The lowest BCUT2D eigenvalue weighted by atomic mass is 10.1. The van der Waals surface area contributed by atoms with Gasteiger partial charge in [-0.2, -0.15) is 0 Å². The van der Waals surface area contributed by atoms with Crippen LogP contribution in [-0.2, 0) is 17.9 Å². The van der Waals surface area contributed by atoms with Crippen molar-refractivity contribution in [2.75, 3.05) is 7.05 Å². The predicted octanol–water partition coefficient (Wildman–Crippen LogP) is 3.69. The summed E-state index contributed by atoms with van der Waals surface area (Å²) in [5.74, 6) is 1.64. The number of guanidine groups is 1. The SMILES string of the molecule is CN=C(NCc1cccc(COC(C)(C)C)c1)NC1CC1C.I. The van der Waals surface area contributed by atoms with Crippen LogP contribution in [0.5, 0.6) is 0 Å². The smallest absolute Gasteiger partial charge is 0.191 e. The van der Waals surface area contributed by atoms with E-state index in [9.17, 15) is 0 Å². The highest BCUT2D eigenvalue weighted by atomic mass is 127. The second-order valence-corrected chi connectivity index (χ2v) is 7.11. The molecule has 1 saturated carbocycles. The van der Waals surface area contributed by atoms with Gasteiger partial charge in [0.1, 0.15) is 0 Å². The molecule has 1 fully saturated rings. The van der Waals surface area contributed by atoms with Gasteiger partial charge < -0.3 is 15.4 Å². The van der Waals surface area contributed by atoms with Crippen LogP contribution in [0.2, 0.25) is 0 Å². The number of nitrogens with one attached hydrogen (secondary N) is 2. The molecule has 1 aromatic rings. The van der Waals surface area contributed by atoms with E-state index in [1.165, 1.54) is 17.5 Å². The second kappa shape index (κ2) is 8.87. The third-order valence-electron chi connectivity index (χ3n) is 3.78. The number of hydrogen-bond acceptors (Lipinski definition) is 2. The number of benzene rings is 1. The minimum absolute atomic E-state index is 0. The van der Waals surface area contributed by atoms with E-state index in [4.69, 9.17) is 4.74 Å². The largest absolute Gasteiger partial charge is 0.371 e. The average Bonchev–Trinajstić information content (AvgIpc) is 3.16. The van der Waals surface area contributed by atoms with E-state index >= 15 is 0 Å².